The van der Waals surface area contributed by atoms with Gasteiger partial charge < -0.3 is 9.84 Å². The van der Waals surface area contributed by atoms with Gasteiger partial charge in [0, 0.05) is 5.57 Å². The summed E-state index contributed by atoms with van der Waals surface area (Å²) in [5, 5.41) is 10.7. The van der Waals surface area contributed by atoms with Gasteiger partial charge in [-0.2, -0.15) is 0 Å². The Morgan fingerprint density at radius 2 is 1.87 bits per heavy atom. The van der Waals surface area contributed by atoms with Gasteiger partial charge in [-0.1, -0.05) is 56.2 Å². The summed E-state index contributed by atoms with van der Waals surface area (Å²) >= 11 is 0. The first-order valence-corrected chi connectivity index (χ1v) is 8.78. The lowest BCUT2D eigenvalue weighted by Crippen LogP contribution is -2.35. The van der Waals surface area contributed by atoms with Crippen molar-refractivity contribution in [2.75, 3.05) is 0 Å². The minimum Gasteiger partial charge on any atom is -0.458 e. The highest BCUT2D eigenvalue weighted by Gasteiger charge is 2.46. The van der Waals surface area contributed by atoms with Crippen molar-refractivity contribution in [3.05, 3.63) is 48.0 Å². The van der Waals surface area contributed by atoms with Crippen LogP contribution in [0.15, 0.2) is 42.5 Å². The van der Waals surface area contributed by atoms with Crippen LogP contribution < -0.4 is 0 Å². The fourth-order valence-corrected chi connectivity index (χ4v) is 4.05. The van der Waals surface area contributed by atoms with E-state index >= 15 is 0 Å². The van der Waals surface area contributed by atoms with Crippen LogP contribution in [-0.2, 0) is 16.0 Å². The van der Waals surface area contributed by atoms with E-state index in [0.29, 0.717) is 17.9 Å². The quantitative estimate of drug-likeness (QED) is 0.666. The summed E-state index contributed by atoms with van der Waals surface area (Å²) in [5.74, 6) is -0.179. The zero-order valence-corrected chi connectivity index (χ0v) is 13.6. The molecule has 1 saturated heterocycles. The number of carbonyl (C=O) groups is 1. The molecular weight excluding hydrogens is 288 g/mol. The lowest BCUT2D eigenvalue weighted by atomic mass is 9.77. The molecule has 2 aliphatic rings. The molecule has 2 fully saturated rings. The second-order valence-corrected chi connectivity index (χ2v) is 6.91. The van der Waals surface area contributed by atoms with Gasteiger partial charge in [-0.3, -0.25) is 0 Å². The third-order valence-corrected chi connectivity index (χ3v) is 5.36. The number of benzene rings is 1. The van der Waals surface area contributed by atoms with E-state index in [0.717, 1.165) is 19.3 Å². The van der Waals surface area contributed by atoms with Crippen molar-refractivity contribution in [1.82, 2.24) is 0 Å². The minimum absolute atomic E-state index is 0.180. The van der Waals surface area contributed by atoms with Gasteiger partial charge in [-0.05, 0) is 37.2 Å². The number of hydrogen-bond donors (Lipinski definition) is 1. The van der Waals surface area contributed by atoms with E-state index in [1.807, 2.05) is 18.2 Å². The zero-order valence-electron chi connectivity index (χ0n) is 13.6. The summed E-state index contributed by atoms with van der Waals surface area (Å²) in [6.07, 6.45) is 6.52. The van der Waals surface area contributed by atoms with Crippen LogP contribution in [0, 0.1) is 11.8 Å². The third kappa shape index (κ3) is 3.66. The Kier molecular flexibility index (Phi) is 5.16. The molecule has 1 aliphatic heterocycles. The molecule has 1 heterocycles. The van der Waals surface area contributed by atoms with E-state index in [9.17, 15) is 9.90 Å². The molecule has 0 radical (unpaired) electrons. The van der Waals surface area contributed by atoms with Crippen LogP contribution in [0.1, 0.15) is 44.1 Å². The molecule has 1 saturated carbocycles. The average Bonchev–Trinajstić information content (AvgIpc) is 2.90. The highest BCUT2D eigenvalue weighted by molar-refractivity contribution is 5.91. The van der Waals surface area contributed by atoms with Gasteiger partial charge in [0.15, 0.2) is 0 Å². The van der Waals surface area contributed by atoms with E-state index in [4.69, 9.17) is 4.74 Å². The largest absolute Gasteiger partial charge is 0.458 e. The van der Waals surface area contributed by atoms with Crippen molar-refractivity contribution in [1.29, 1.82) is 0 Å². The fraction of sp³-hybridized carbons (Fsp3) is 0.550. The summed E-state index contributed by atoms with van der Waals surface area (Å²) in [7, 11) is 0. The van der Waals surface area contributed by atoms with Gasteiger partial charge in [0.1, 0.15) is 6.10 Å². The minimum atomic E-state index is -0.568. The molecule has 1 aromatic carbocycles. The molecule has 3 heteroatoms. The maximum absolute atomic E-state index is 12.0. The second-order valence-electron chi connectivity index (χ2n) is 6.91. The molecule has 1 aliphatic carbocycles. The molecule has 3 nitrogen and oxygen atoms in total. The summed E-state index contributed by atoms with van der Waals surface area (Å²) in [6, 6.07) is 10.1. The molecule has 0 aromatic heterocycles. The van der Waals surface area contributed by atoms with Gasteiger partial charge in [-0.15, -0.1) is 0 Å². The van der Waals surface area contributed by atoms with E-state index in [1.54, 1.807) is 0 Å². The van der Waals surface area contributed by atoms with Gasteiger partial charge in [0.05, 0.1) is 12.0 Å². The summed E-state index contributed by atoms with van der Waals surface area (Å²) < 4.78 is 5.60. The standard InChI is InChI=1S/C20H26O3/c1-14-18(17(21)13-12-15-8-4-2-5-9-15)19(23-20(14)22)16-10-6-3-7-11-16/h2,4-5,8-9,16-19,21H,1,3,6-7,10-13H2/t17-,18+,19+/m1/s1. The van der Waals surface area contributed by atoms with Crippen LogP contribution in [-0.4, -0.2) is 23.3 Å². The zero-order chi connectivity index (χ0) is 16.2. The topological polar surface area (TPSA) is 46.5 Å². The van der Waals surface area contributed by atoms with E-state index in [1.165, 1.54) is 24.8 Å². The third-order valence-electron chi connectivity index (χ3n) is 5.36. The number of esters is 1. The van der Waals surface area contributed by atoms with Crippen molar-refractivity contribution in [3.63, 3.8) is 0 Å². The van der Waals surface area contributed by atoms with Gasteiger partial charge >= 0.3 is 5.97 Å². The van der Waals surface area contributed by atoms with Gasteiger partial charge in [0.2, 0.25) is 0 Å². The predicted molar refractivity (Wildman–Crippen MR) is 89.9 cm³/mol. The Morgan fingerprint density at radius 3 is 2.57 bits per heavy atom. The Morgan fingerprint density at radius 1 is 1.17 bits per heavy atom. The number of cyclic esters (lactones) is 1. The molecule has 23 heavy (non-hydrogen) atoms. The second kappa shape index (κ2) is 7.31. The number of rotatable bonds is 5. The van der Waals surface area contributed by atoms with E-state index in [-0.39, 0.29) is 18.0 Å². The van der Waals surface area contributed by atoms with Crippen LogP contribution in [0.5, 0.6) is 0 Å². The maximum Gasteiger partial charge on any atom is 0.334 e. The van der Waals surface area contributed by atoms with E-state index in [2.05, 4.69) is 18.7 Å². The van der Waals surface area contributed by atoms with Crippen molar-refractivity contribution in [3.8, 4) is 0 Å². The van der Waals surface area contributed by atoms with E-state index < -0.39 is 6.10 Å². The molecule has 0 unspecified atom stereocenters. The predicted octanol–water partition coefficient (Wildman–Crippen LogP) is 3.66. The monoisotopic (exact) mass is 314 g/mol. The first-order chi connectivity index (χ1) is 11.2. The first-order valence-electron chi connectivity index (χ1n) is 8.78. The summed E-state index contributed by atoms with van der Waals surface area (Å²) in [5.41, 5.74) is 1.66. The Balaban J connectivity index is 1.66. The number of aliphatic hydroxyl groups excluding tert-OH is 1. The smallest absolute Gasteiger partial charge is 0.334 e. The molecule has 0 bridgehead atoms. The fourth-order valence-electron chi connectivity index (χ4n) is 4.05. The highest BCUT2D eigenvalue weighted by Crippen LogP contribution is 2.40. The van der Waals surface area contributed by atoms with Crippen LogP contribution in [0.3, 0.4) is 0 Å². The molecule has 3 atom stereocenters. The molecular formula is C20H26O3. The Labute approximate surface area is 138 Å². The Hall–Kier alpha value is -1.61. The maximum atomic E-state index is 12.0. The van der Waals surface area contributed by atoms with Crippen molar-refractivity contribution >= 4 is 5.97 Å². The number of aryl methyl sites for hydroxylation is 1. The van der Waals surface area contributed by atoms with Crippen LogP contribution in [0.2, 0.25) is 0 Å². The van der Waals surface area contributed by atoms with Crippen molar-refractivity contribution in [2.45, 2.75) is 57.2 Å². The molecule has 1 N–H and O–H groups in total. The number of carbonyl (C=O) groups excluding carboxylic acids is 1. The van der Waals surface area contributed by atoms with Gasteiger partial charge in [0.25, 0.3) is 0 Å². The Bertz CT molecular complexity index is 545. The SMILES string of the molecule is C=C1C(=O)O[C@@H](C2CCCCC2)[C@@H]1[C@H](O)CCc1ccccc1. The normalized spacial score (nSPS) is 27.0. The van der Waals surface area contributed by atoms with Crippen molar-refractivity contribution in [2.24, 2.45) is 11.8 Å². The van der Waals surface area contributed by atoms with Crippen LogP contribution in [0.4, 0.5) is 0 Å². The number of ether oxygens (including phenoxy) is 1. The lowest BCUT2D eigenvalue weighted by molar-refractivity contribution is -0.142. The molecule has 0 spiro atoms. The van der Waals surface area contributed by atoms with Gasteiger partial charge in [-0.25, -0.2) is 4.79 Å². The highest BCUT2D eigenvalue weighted by atomic mass is 16.6. The molecule has 1 aromatic rings. The van der Waals surface area contributed by atoms with Crippen LogP contribution in [0.25, 0.3) is 0 Å². The first kappa shape index (κ1) is 16.3. The molecule has 3 rings (SSSR count). The molecule has 124 valence electrons. The number of aliphatic hydroxyl groups is 1. The average molecular weight is 314 g/mol. The molecule has 0 amide bonds. The number of hydrogen-bond acceptors (Lipinski definition) is 3. The summed E-state index contributed by atoms with van der Waals surface area (Å²) in [6.45, 7) is 3.90. The van der Waals surface area contributed by atoms with Crippen molar-refractivity contribution < 1.29 is 14.6 Å². The van der Waals surface area contributed by atoms with Crippen LogP contribution >= 0.6 is 0 Å². The lowest BCUT2D eigenvalue weighted by Gasteiger charge is -2.31. The summed E-state index contributed by atoms with van der Waals surface area (Å²) in [4.78, 5) is 12.0.